The predicted octanol–water partition coefficient (Wildman–Crippen LogP) is 17.0. The van der Waals surface area contributed by atoms with Crippen molar-refractivity contribution in [3.05, 3.63) is 108 Å². The number of carbonyl (C=O) groups excluding carboxylic acids is 4. The van der Waals surface area contributed by atoms with Gasteiger partial charge >= 0.3 is 23.9 Å². The molecule has 0 fully saturated rings. The molecule has 0 N–H and O–H groups in total. The van der Waals surface area contributed by atoms with E-state index in [-0.39, 0.29) is 29.0 Å². The van der Waals surface area contributed by atoms with Crippen LogP contribution in [0.25, 0.3) is 0 Å². The first-order valence-corrected chi connectivity index (χ1v) is 27.9. The summed E-state index contributed by atoms with van der Waals surface area (Å²) in [5.74, 6) is -1.74. The summed E-state index contributed by atoms with van der Waals surface area (Å²) in [5.41, 5.74) is 1.47. The lowest BCUT2D eigenvalue weighted by molar-refractivity contribution is -0.139. The number of ether oxygens (including phenoxy) is 6. The van der Waals surface area contributed by atoms with Gasteiger partial charge in [-0.05, 0) is 100 Å². The van der Waals surface area contributed by atoms with Gasteiger partial charge in [-0.1, -0.05) is 180 Å². The van der Waals surface area contributed by atoms with E-state index < -0.39 is 17.8 Å². The zero-order valence-corrected chi connectivity index (χ0v) is 44.8. The molecule has 73 heavy (non-hydrogen) atoms. The fourth-order valence-corrected chi connectivity index (χ4v) is 8.29. The topological polar surface area (TPSA) is 124 Å². The van der Waals surface area contributed by atoms with Crippen molar-refractivity contribution in [2.24, 2.45) is 0 Å². The average Bonchev–Trinajstić information content (AvgIpc) is 3.38. The second-order valence-corrected chi connectivity index (χ2v) is 19.6. The molecule has 0 saturated heterocycles. The highest BCUT2D eigenvalue weighted by Gasteiger charge is 2.16. The molecule has 404 valence electrons. The summed E-state index contributed by atoms with van der Waals surface area (Å²) in [6, 6.07) is 16.9. The minimum atomic E-state index is -0.834. The summed E-state index contributed by atoms with van der Waals surface area (Å²) in [6.07, 6.45) is 36.2. The van der Waals surface area contributed by atoms with Crippen LogP contribution in [0, 0.1) is 5.82 Å². The van der Waals surface area contributed by atoms with Crippen LogP contribution < -0.4 is 18.9 Å². The Morgan fingerprint density at radius 1 is 0.370 bits per heavy atom. The van der Waals surface area contributed by atoms with E-state index in [0.717, 1.165) is 57.4 Å². The molecule has 0 aromatic heterocycles. The van der Waals surface area contributed by atoms with E-state index in [1.807, 2.05) is 0 Å². The van der Waals surface area contributed by atoms with Crippen LogP contribution in [0.2, 0.25) is 0 Å². The van der Waals surface area contributed by atoms with E-state index in [2.05, 4.69) is 13.2 Å². The third-order valence-electron chi connectivity index (χ3n) is 12.8. The molecule has 0 saturated carbocycles. The third-order valence-corrected chi connectivity index (χ3v) is 12.8. The monoisotopic (exact) mass is 1010 g/mol. The molecular weight excluding hydrogens is 924 g/mol. The SMILES string of the molecule is C=C(C)C(=O)OCCCCCCCCCCCCCCCCCOc1ccc(C(=O)Oc2ccc(OC(=O)c3ccc(OCCCCCCCCCCCCCCCCCOC(=O)C(=C)C)cc3)c(F)c2)cc1. The van der Waals surface area contributed by atoms with Gasteiger partial charge in [0.05, 0.1) is 37.6 Å². The molecule has 3 rings (SSSR count). The number of halogens is 1. The van der Waals surface area contributed by atoms with Crippen molar-refractivity contribution in [2.45, 2.75) is 206 Å². The largest absolute Gasteiger partial charge is 0.494 e. The summed E-state index contributed by atoms with van der Waals surface area (Å²) >= 11 is 0. The van der Waals surface area contributed by atoms with Crippen LogP contribution in [0.15, 0.2) is 91.0 Å². The van der Waals surface area contributed by atoms with Crippen molar-refractivity contribution in [2.75, 3.05) is 26.4 Å². The van der Waals surface area contributed by atoms with Crippen LogP contribution in [-0.4, -0.2) is 50.3 Å². The van der Waals surface area contributed by atoms with Crippen LogP contribution in [-0.2, 0) is 19.1 Å². The number of unbranched alkanes of at least 4 members (excludes halogenated alkanes) is 28. The molecule has 3 aromatic carbocycles. The van der Waals surface area contributed by atoms with Crippen molar-refractivity contribution in [1.29, 1.82) is 0 Å². The third kappa shape index (κ3) is 30.4. The maximum absolute atomic E-state index is 15.0. The Hall–Kier alpha value is -5.45. The lowest BCUT2D eigenvalue weighted by Gasteiger charge is -2.10. The van der Waals surface area contributed by atoms with Crippen molar-refractivity contribution < 1.29 is 52.0 Å². The van der Waals surface area contributed by atoms with Gasteiger partial charge in [0.1, 0.15) is 17.2 Å². The van der Waals surface area contributed by atoms with Gasteiger partial charge < -0.3 is 28.4 Å². The predicted molar refractivity (Wildman–Crippen MR) is 290 cm³/mol. The molecule has 0 amide bonds. The summed E-state index contributed by atoms with van der Waals surface area (Å²) < 4.78 is 47.7. The van der Waals surface area contributed by atoms with Gasteiger partial charge in [-0.3, -0.25) is 0 Å². The fraction of sp³-hybridized carbons (Fsp3) is 0.581. The Morgan fingerprint density at radius 2 is 0.644 bits per heavy atom. The molecule has 0 aliphatic heterocycles. The highest BCUT2D eigenvalue weighted by Crippen LogP contribution is 2.26. The molecule has 10 nitrogen and oxygen atoms in total. The summed E-state index contributed by atoms with van der Waals surface area (Å²) in [5, 5.41) is 0. The van der Waals surface area contributed by atoms with Crippen LogP contribution in [0.4, 0.5) is 4.39 Å². The zero-order chi connectivity index (χ0) is 52.6. The number of rotatable bonds is 44. The maximum Gasteiger partial charge on any atom is 0.343 e. The molecule has 0 heterocycles. The molecule has 0 atom stereocenters. The average molecular weight is 1010 g/mol. The van der Waals surface area contributed by atoms with Crippen molar-refractivity contribution >= 4 is 23.9 Å². The van der Waals surface area contributed by atoms with Crippen molar-refractivity contribution in [3.8, 4) is 23.0 Å². The zero-order valence-electron chi connectivity index (χ0n) is 44.8. The summed E-state index contributed by atoms with van der Waals surface area (Å²) in [6.45, 7) is 12.7. The van der Waals surface area contributed by atoms with E-state index in [0.29, 0.717) is 54.6 Å². The van der Waals surface area contributed by atoms with Gasteiger partial charge in [0, 0.05) is 17.2 Å². The van der Waals surface area contributed by atoms with E-state index in [9.17, 15) is 23.6 Å². The number of hydrogen-bond donors (Lipinski definition) is 0. The molecule has 0 spiro atoms. The van der Waals surface area contributed by atoms with Gasteiger partial charge in [-0.2, -0.15) is 0 Å². The molecule has 0 aliphatic rings. The molecule has 0 unspecified atom stereocenters. The van der Waals surface area contributed by atoms with Crippen LogP contribution in [0.1, 0.15) is 227 Å². The Morgan fingerprint density at radius 3 is 0.945 bits per heavy atom. The normalized spacial score (nSPS) is 10.9. The van der Waals surface area contributed by atoms with Gasteiger partial charge in [0.25, 0.3) is 0 Å². The number of benzene rings is 3. The van der Waals surface area contributed by atoms with E-state index >= 15 is 0 Å². The first-order valence-electron chi connectivity index (χ1n) is 27.9. The number of hydrogen-bond acceptors (Lipinski definition) is 10. The molecule has 0 radical (unpaired) electrons. The van der Waals surface area contributed by atoms with Crippen LogP contribution in [0.5, 0.6) is 23.0 Å². The number of esters is 4. The first-order chi connectivity index (χ1) is 35.5. The smallest absolute Gasteiger partial charge is 0.343 e. The van der Waals surface area contributed by atoms with Crippen molar-refractivity contribution in [1.82, 2.24) is 0 Å². The first kappa shape index (κ1) is 61.8. The standard InChI is InChI=1S/C62H89FO10/c1-50(2)59(64)70-47-33-29-25-21-17-13-9-5-7-11-15-19-23-27-31-45-68-54-39-35-52(36-40-54)61(66)72-56-43-44-58(57(63)49-56)73-62(67)53-37-41-55(42-38-53)69-46-32-28-24-20-16-12-8-6-10-14-18-22-26-30-34-48-71-60(65)51(3)4/h35-44,49H,1,3,5-34,45-48H2,2,4H3. The van der Waals surface area contributed by atoms with E-state index in [1.54, 1.807) is 62.4 Å². The maximum atomic E-state index is 15.0. The fourth-order valence-electron chi connectivity index (χ4n) is 8.29. The van der Waals surface area contributed by atoms with Crippen LogP contribution in [0.3, 0.4) is 0 Å². The Labute approximate surface area is 438 Å². The minimum Gasteiger partial charge on any atom is -0.494 e. The Balaban J connectivity index is 1.14. The quantitative estimate of drug-likeness (QED) is 0.0234. The highest BCUT2D eigenvalue weighted by molar-refractivity contribution is 5.92. The van der Waals surface area contributed by atoms with E-state index in [4.69, 9.17) is 28.4 Å². The van der Waals surface area contributed by atoms with Crippen LogP contribution >= 0.6 is 0 Å². The van der Waals surface area contributed by atoms with Gasteiger partial charge in [-0.25, -0.2) is 23.6 Å². The lowest BCUT2D eigenvalue weighted by atomic mass is 10.0. The minimum absolute atomic E-state index is 0.0135. The van der Waals surface area contributed by atoms with E-state index in [1.165, 1.54) is 153 Å². The number of carbonyl (C=O) groups is 4. The molecule has 11 heteroatoms. The second-order valence-electron chi connectivity index (χ2n) is 19.6. The van der Waals surface area contributed by atoms with Gasteiger partial charge in [0.15, 0.2) is 11.6 Å². The highest BCUT2D eigenvalue weighted by atomic mass is 19.1. The second kappa shape index (κ2) is 40.0. The molecule has 0 bridgehead atoms. The summed E-state index contributed by atoms with van der Waals surface area (Å²) in [7, 11) is 0. The van der Waals surface area contributed by atoms with Gasteiger partial charge in [-0.15, -0.1) is 0 Å². The lowest BCUT2D eigenvalue weighted by Crippen LogP contribution is -2.11. The Bertz CT molecular complexity index is 2010. The summed E-state index contributed by atoms with van der Waals surface area (Å²) in [4.78, 5) is 48.3. The Kier molecular flexibility index (Phi) is 33.9. The molecular formula is C62H89FO10. The van der Waals surface area contributed by atoms with Gasteiger partial charge in [0.2, 0.25) is 0 Å². The van der Waals surface area contributed by atoms with Crippen molar-refractivity contribution in [3.63, 3.8) is 0 Å². The molecule has 0 aliphatic carbocycles. The molecule has 3 aromatic rings.